The number of aryl methyl sites for hydroxylation is 1. The number of amides is 1. The van der Waals surface area contributed by atoms with Crippen molar-refractivity contribution in [1.82, 2.24) is 4.90 Å². The number of carbonyl (C=O) groups excluding carboxylic acids is 1. The van der Waals surface area contributed by atoms with Gasteiger partial charge in [0.25, 0.3) is 12.3 Å². The normalized spacial score (nSPS) is 10.6. The molecule has 0 heterocycles. The predicted octanol–water partition coefficient (Wildman–Crippen LogP) is 3.09. The van der Waals surface area contributed by atoms with Crippen molar-refractivity contribution in [3.8, 4) is 0 Å². The smallest absolute Gasteiger partial charge is 0.255 e. The molecule has 0 aromatic heterocycles. The third kappa shape index (κ3) is 3.27. The zero-order chi connectivity index (χ0) is 12.3. The summed E-state index contributed by atoms with van der Waals surface area (Å²) in [4.78, 5) is 12.8. The number of hydrogen-bond donors (Lipinski definition) is 0. The lowest BCUT2D eigenvalue weighted by Gasteiger charge is -2.17. The summed E-state index contributed by atoms with van der Waals surface area (Å²) < 4.78 is 24.9. The molecule has 1 aromatic carbocycles. The van der Waals surface area contributed by atoms with E-state index in [2.05, 4.69) is 15.9 Å². The lowest BCUT2D eigenvalue weighted by molar-refractivity contribution is 0.0619. The molecule has 0 aliphatic carbocycles. The molecule has 0 N–H and O–H groups in total. The van der Waals surface area contributed by atoms with E-state index < -0.39 is 18.9 Å². The Morgan fingerprint density at radius 3 is 2.62 bits per heavy atom. The Hall–Kier alpha value is -0.970. The Bertz CT molecular complexity index is 396. The summed E-state index contributed by atoms with van der Waals surface area (Å²) in [5.41, 5.74) is 1.40. The Morgan fingerprint density at radius 1 is 1.50 bits per heavy atom. The summed E-state index contributed by atoms with van der Waals surface area (Å²) in [6, 6.07) is 5.18. The van der Waals surface area contributed by atoms with Gasteiger partial charge in [0.15, 0.2) is 0 Å². The van der Waals surface area contributed by atoms with Gasteiger partial charge in [-0.05, 0) is 40.5 Å². The first kappa shape index (κ1) is 13.1. The summed E-state index contributed by atoms with van der Waals surface area (Å²) >= 11 is 3.25. The molecule has 1 aromatic rings. The quantitative estimate of drug-likeness (QED) is 0.838. The van der Waals surface area contributed by atoms with Crippen molar-refractivity contribution in [2.24, 2.45) is 0 Å². The van der Waals surface area contributed by atoms with Gasteiger partial charge in [0.2, 0.25) is 0 Å². The third-order valence-corrected chi connectivity index (χ3v) is 2.77. The highest BCUT2D eigenvalue weighted by molar-refractivity contribution is 9.10. The molecule has 0 bridgehead atoms. The molecule has 0 saturated heterocycles. The summed E-state index contributed by atoms with van der Waals surface area (Å²) in [6.07, 6.45) is -2.52. The average molecular weight is 292 g/mol. The van der Waals surface area contributed by atoms with Crippen molar-refractivity contribution in [1.29, 1.82) is 0 Å². The van der Waals surface area contributed by atoms with Gasteiger partial charge in [-0.3, -0.25) is 4.79 Å². The second kappa shape index (κ2) is 5.39. The summed E-state index contributed by atoms with van der Waals surface area (Å²) in [5.74, 6) is -0.410. The van der Waals surface area contributed by atoms with E-state index in [1.807, 2.05) is 6.92 Å². The summed E-state index contributed by atoms with van der Waals surface area (Å²) in [6.45, 7) is 1.33. The molecule has 0 spiro atoms. The topological polar surface area (TPSA) is 20.3 Å². The largest absolute Gasteiger partial charge is 0.336 e. The molecule has 5 heteroatoms. The molecule has 0 atom stereocenters. The molecule has 0 aliphatic rings. The number of benzene rings is 1. The van der Waals surface area contributed by atoms with Crippen molar-refractivity contribution >= 4 is 21.8 Å². The lowest BCUT2D eigenvalue weighted by atomic mass is 10.1. The maximum atomic E-state index is 12.1. The van der Waals surface area contributed by atoms with Crippen molar-refractivity contribution in [2.75, 3.05) is 13.6 Å². The fraction of sp³-hybridized carbons (Fsp3) is 0.364. The minimum atomic E-state index is -2.52. The monoisotopic (exact) mass is 291 g/mol. The highest BCUT2D eigenvalue weighted by Crippen LogP contribution is 2.19. The SMILES string of the molecule is Cc1ccc(C(=O)N(C)CC(F)F)c(Br)c1. The number of nitrogens with zero attached hydrogens (tertiary/aromatic N) is 1. The second-order valence-electron chi connectivity index (χ2n) is 3.56. The van der Waals surface area contributed by atoms with Crippen molar-refractivity contribution < 1.29 is 13.6 Å². The van der Waals surface area contributed by atoms with E-state index in [4.69, 9.17) is 0 Å². The van der Waals surface area contributed by atoms with Gasteiger partial charge in [-0.1, -0.05) is 6.07 Å². The standard InChI is InChI=1S/C11H12BrF2NO/c1-7-3-4-8(9(12)5-7)11(16)15(2)6-10(13)14/h3-5,10H,6H2,1-2H3. The van der Waals surface area contributed by atoms with Crippen LogP contribution in [0.25, 0.3) is 0 Å². The van der Waals surface area contributed by atoms with Gasteiger partial charge < -0.3 is 4.90 Å². The molecule has 88 valence electrons. The number of hydrogen-bond acceptors (Lipinski definition) is 1. The summed E-state index contributed by atoms with van der Waals surface area (Å²) in [7, 11) is 1.36. The molecular weight excluding hydrogens is 280 g/mol. The van der Waals surface area contributed by atoms with Crippen LogP contribution in [0, 0.1) is 6.92 Å². The third-order valence-electron chi connectivity index (χ3n) is 2.11. The highest BCUT2D eigenvalue weighted by Gasteiger charge is 2.17. The van der Waals surface area contributed by atoms with Crippen LogP contribution in [0.1, 0.15) is 15.9 Å². The van der Waals surface area contributed by atoms with Crippen LogP contribution in [-0.4, -0.2) is 30.8 Å². The van der Waals surface area contributed by atoms with Gasteiger partial charge in [-0.25, -0.2) is 8.78 Å². The van der Waals surface area contributed by atoms with Crippen LogP contribution in [0.15, 0.2) is 22.7 Å². The predicted molar refractivity (Wildman–Crippen MR) is 61.8 cm³/mol. The molecule has 1 amide bonds. The minimum absolute atomic E-state index is 0.397. The van der Waals surface area contributed by atoms with Gasteiger partial charge in [0, 0.05) is 11.5 Å². The van der Waals surface area contributed by atoms with Gasteiger partial charge in [-0.2, -0.15) is 0 Å². The zero-order valence-electron chi connectivity index (χ0n) is 9.01. The molecule has 1 rings (SSSR count). The fourth-order valence-corrected chi connectivity index (χ4v) is 1.95. The number of alkyl halides is 2. The van der Waals surface area contributed by atoms with Crippen molar-refractivity contribution in [3.63, 3.8) is 0 Å². The van der Waals surface area contributed by atoms with Crippen molar-refractivity contribution in [2.45, 2.75) is 13.3 Å². The average Bonchev–Trinajstić information content (AvgIpc) is 2.15. The lowest BCUT2D eigenvalue weighted by Crippen LogP contribution is -2.31. The van der Waals surface area contributed by atoms with Crippen molar-refractivity contribution in [3.05, 3.63) is 33.8 Å². The van der Waals surface area contributed by atoms with Gasteiger partial charge in [-0.15, -0.1) is 0 Å². The molecule has 0 saturated carbocycles. The van der Waals surface area contributed by atoms with Gasteiger partial charge >= 0.3 is 0 Å². The van der Waals surface area contributed by atoms with E-state index in [1.165, 1.54) is 7.05 Å². The maximum absolute atomic E-state index is 12.1. The van der Waals surface area contributed by atoms with Gasteiger partial charge in [0.1, 0.15) is 0 Å². The molecule has 0 fully saturated rings. The Morgan fingerprint density at radius 2 is 2.12 bits per heavy atom. The van der Waals surface area contributed by atoms with Crippen LogP contribution in [0.2, 0.25) is 0 Å². The highest BCUT2D eigenvalue weighted by atomic mass is 79.9. The second-order valence-corrected chi connectivity index (χ2v) is 4.41. The fourth-order valence-electron chi connectivity index (χ4n) is 1.29. The van der Waals surface area contributed by atoms with Gasteiger partial charge in [0.05, 0.1) is 12.1 Å². The maximum Gasteiger partial charge on any atom is 0.255 e. The Balaban J connectivity index is 2.88. The summed E-state index contributed by atoms with van der Waals surface area (Å²) in [5, 5.41) is 0. The Kier molecular flexibility index (Phi) is 4.41. The van der Waals surface area contributed by atoms with Crippen LogP contribution in [-0.2, 0) is 0 Å². The van der Waals surface area contributed by atoms with E-state index in [-0.39, 0.29) is 0 Å². The van der Waals surface area contributed by atoms with E-state index in [9.17, 15) is 13.6 Å². The zero-order valence-corrected chi connectivity index (χ0v) is 10.6. The van der Waals surface area contributed by atoms with Crippen LogP contribution >= 0.6 is 15.9 Å². The molecule has 0 unspecified atom stereocenters. The number of halogens is 3. The Labute approximate surface area is 101 Å². The molecular formula is C11H12BrF2NO. The number of carbonyl (C=O) groups is 1. The first-order valence-corrected chi connectivity index (χ1v) is 5.51. The van der Waals surface area contributed by atoms with Crippen LogP contribution in [0.4, 0.5) is 8.78 Å². The van der Waals surface area contributed by atoms with Crippen LogP contribution in [0.5, 0.6) is 0 Å². The van der Waals surface area contributed by atoms with E-state index in [0.29, 0.717) is 10.0 Å². The van der Waals surface area contributed by atoms with E-state index in [1.54, 1.807) is 18.2 Å². The van der Waals surface area contributed by atoms with E-state index >= 15 is 0 Å². The van der Waals surface area contributed by atoms with Crippen LogP contribution in [0.3, 0.4) is 0 Å². The first-order valence-electron chi connectivity index (χ1n) is 4.71. The minimum Gasteiger partial charge on any atom is -0.336 e. The molecule has 2 nitrogen and oxygen atoms in total. The first-order chi connectivity index (χ1) is 7.41. The number of rotatable bonds is 3. The van der Waals surface area contributed by atoms with E-state index in [0.717, 1.165) is 10.5 Å². The molecule has 0 aliphatic heterocycles. The molecule has 16 heavy (non-hydrogen) atoms. The molecule has 0 radical (unpaired) electrons. The van der Waals surface area contributed by atoms with Crippen LogP contribution < -0.4 is 0 Å².